The fraction of sp³-hybridized carbons (Fsp3) is 0.167. The Morgan fingerprint density at radius 3 is 1.58 bits per heavy atom. The molecule has 4 heterocycles. The number of aromatic nitrogens is 6. The number of thiazole rings is 2. The number of esters is 2. The molecule has 0 radical (unpaired) electrons. The lowest BCUT2D eigenvalue weighted by Crippen LogP contribution is -2.00. The Labute approximate surface area is 311 Å². The van der Waals surface area contributed by atoms with Crippen molar-refractivity contribution < 1.29 is 27.5 Å². The zero-order chi connectivity index (χ0) is 37.6. The number of sulfone groups is 1. The molecule has 0 spiro atoms. The van der Waals surface area contributed by atoms with Crippen molar-refractivity contribution in [2.75, 3.05) is 31.1 Å². The van der Waals surface area contributed by atoms with Gasteiger partial charge in [-0.25, -0.2) is 37.9 Å². The summed E-state index contributed by atoms with van der Waals surface area (Å²) in [6.07, 6.45) is 1.18. The van der Waals surface area contributed by atoms with Crippen LogP contribution < -0.4 is 10.6 Å². The zero-order valence-electron chi connectivity index (χ0n) is 29.3. The van der Waals surface area contributed by atoms with Crippen LogP contribution in [0.15, 0.2) is 77.7 Å². The van der Waals surface area contributed by atoms with Crippen molar-refractivity contribution >= 4 is 109 Å². The summed E-state index contributed by atoms with van der Waals surface area (Å²) in [5, 5.41) is 7.82. The molecule has 2 N–H and O–H groups in total. The van der Waals surface area contributed by atoms with Crippen LogP contribution in [-0.4, -0.2) is 69.9 Å². The van der Waals surface area contributed by atoms with Gasteiger partial charge in [-0.05, 0) is 79.2 Å². The molecule has 0 aliphatic heterocycles. The molecule has 14 nitrogen and oxygen atoms in total. The zero-order valence-corrected chi connectivity index (χ0v) is 31.7. The molecule has 0 bridgehead atoms. The normalized spacial score (nSPS) is 11.5. The van der Waals surface area contributed by atoms with Crippen LogP contribution >= 0.6 is 22.7 Å². The van der Waals surface area contributed by atoms with Crippen molar-refractivity contribution in [3.63, 3.8) is 0 Å². The molecule has 0 atom stereocenters. The van der Waals surface area contributed by atoms with Gasteiger partial charge < -0.3 is 29.2 Å². The highest BCUT2D eigenvalue weighted by Crippen LogP contribution is 2.32. The van der Waals surface area contributed by atoms with Crippen LogP contribution in [0.2, 0.25) is 0 Å². The Morgan fingerprint density at radius 2 is 1.11 bits per heavy atom. The molecule has 0 saturated heterocycles. The summed E-state index contributed by atoms with van der Waals surface area (Å²) in [6.45, 7) is 2.07. The lowest BCUT2D eigenvalue weighted by molar-refractivity contribution is 0.0592. The van der Waals surface area contributed by atoms with Crippen LogP contribution in [0.1, 0.15) is 26.3 Å². The maximum Gasteiger partial charge on any atom is 0.337 e. The van der Waals surface area contributed by atoms with Crippen LogP contribution in [-0.2, 0) is 33.4 Å². The number of hydrogen-bond acceptors (Lipinski definition) is 14. The number of carbonyl (C=O) groups is 2. The monoisotopic (exact) mass is 768 g/mol. The van der Waals surface area contributed by atoms with Gasteiger partial charge in [0.15, 0.2) is 20.1 Å². The van der Waals surface area contributed by atoms with Crippen molar-refractivity contribution in [1.82, 2.24) is 29.1 Å². The van der Waals surface area contributed by atoms with E-state index in [-0.39, 0.29) is 10.9 Å². The number of imidazole rings is 2. The summed E-state index contributed by atoms with van der Waals surface area (Å²) in [7, 11) is 3.20. The number of rotatable bonds is 7. The first-order valence-electron chi connectivity index (χ1n) is 15.9. The van der Waals surface area contributed by atoms with Gasteiger partial charge in [-0.2, -0.15) is 0 Å². The molecular weight excluding hydrogens is 737 g/mol. The topological polar surface area (TPSA) is 172 Å². The van der Waals surface area contributed by atoms with Crippen LogP contribution in [0.3, 0.4) is 0 Å². The summed E-state index contributed by atoms with van der Waals surface area (Å²) >= 11 is 2.93. The number of hydrogen-bond donors (Lipinski definition) is 2. The SMILES string of the molecule is COC(=O)c1ccc2c(c1)nc(Nc1nc3ccc(C)cc3s1)n2C.COC(=O)c1ccc2c(c1)nc(Nc1nc3ccc(S(C)(=O)=O)cc3s1)n2C. The first-order chi connectivity index (χ1) is 25.3. The fourth-order valence-electron chi connectivity index (χ4n) is 5.58. The second-order valence-electron chi connectivity index (χ2n) is 12.0. The quantitative estimate of drug-likeness (QED) is 0.157. The minimum Gasteiger partial charge on any atom is -0.465 e. The Balaban J connectivity index is 0.000000165. The third-order valence-electron chi connectivity index (χ3n) is 8.37. The molecule has 8 rings (SSSR count). The number of nitrogens with zero attached hydrogens (tertiary/aromatic N) is 6. The first-order valence-corrected chi connectivity index (χ1v) is 19.4. The van der Waals surface area contributed by atoms with E-state index in [0.717, 1.165) is 36.6 Å². The van der Waals surface area contributed by atoms with Gasteiger partial charge in [-0.3, -0.25) is 0 Å². The lowest BCUT2D eigenvalue weighted by atomic mass is 10.2. The Kier molecular flexibility index (Phi) is 9.31. The number of anilines is 4. The summed E-state index contributed by atoms with van der Waals surface area (Å²) < 4.78 is 38.7. The second-order valence-corrected chi connectivity index (χ2v) is 16.1. The largest absolute Gasteiger partial charge is 0.465 e. The highest BCUT2D eigenvalue weighted by atomic mass is 32.2. The highest BCUT2D eigenvalue weighted by molar-refractivity contribution is 7.90. The second kappa shape index (κ2) is 13.9. The summed E-state index contributed by atoms with van der Waals surface area (Å²) in [4.78, 5) is 41.9. The van der Waals surface area contributed by atoms with Gasteiger partial charge in [0.25, 0.3) is 0 Å². The Morgan fingerprint density at radius 1 is 0.642 bits per heavy atom. The van der Waals surface area contributed by atoms with Crippen LogP contribution in [0, 0.1) is 6.92 Å². The molecule has 0 unspecified atom stereocenters. The van der Waals surface area contributed by atoms with Crippen LogP contribution in [0.5, 0.6) is 0 Å². The molecule has 270 valence electrons. The van der Waals surface area contributed by atoms with Crippen LogP contribution in [0.4, 0.5) is 22.2 Å². The molecule has 8 aromatic rings. The molecule has 4 aromatic carbocycles. The molecule has 0 amide bonds. The third kappa shape index (κ3) is 7.13. The predicted molar refractivity (Wildman–Crippen MR) is 208 cm³/mol. The maximum absolute atomic E-state index is 11.7. The van der Waals surface area contributed by atoms with Crippen molar-refractivity contribution in [2.24, 2.45) is 14.1 Å². The molecule has 0 aliphatic carbocycles. The standard InChI is InChI=1S/C18H16N4O4S2.C18H16N4O2S/c1-22-14-7-4-10(16(23)26-2)8-13(14)19-17(22)21-18-20-12-6-5-11(28(3,24)25)9-15(12)27-18;1-10-4-6-12-15(8-10)25-18(20-12)21-17-19-13-9-11(16(23)24-3)5-7-14(13)22(17)2/h4-9H,1-3H3,(H,19,20,21);4-9H,1-3H3,(H,19,20,21). The number of methoxy groups -OCH3 is 2. The van der Waals surface area contributed by atoms with Gasteiger partial charge in [0.05, 0.1) is 72.7 Å². The molecular formula is C36H32N8O6S3. The van der Waals surface area contributed by atoms with E-state index in [1.165, 1.54) is 37.4 Å². The smallest absolute Gasteiger partial charge is 0.337 e. The van der Waals surface area contributed by atoms with E-state index < -0.39 is 15.8 Å². The first kappa shape index (κ1) is 35.5. The number of nitrogens with one attached hydrogen (secondary N) is 2. The molecule has 0 saturated carbocycles. The Hall–Kier alpha value is -5.91. The van der Waals surface area contributed by atoms with Crippen molar-refractivity contribution in [2.45, 2.75) is 11.8 Å². The number of carbonyl (C=O) groups excluding carboxylic acids is 2. The van der Waals surface area contributed by atoms with Crippen LogP contribution in [0.25, 0.3) is 42.5 Å². The molecule has 17 heteroatoms. The van der Waals surface area contributed by atoms with Crippen molar-refractivity contribution in [3.8, 4) is 0 Å². The van der Waals surface area contributed by atoms with E-state index in [9.17, 15) is 18.0 Å². The lowest BCUT2D eigenvalue weighted by Gasteiger charge is -2.02. The average molecular weight is 769 g/mol. The van der Waals surface area contributed by atoms with E-state index in [1.807, 2.05) is 35.4 Å². The van der Waals surface area contributed by atoms with E-state index in [1.54, 1.807) is 59.9 Å². The minimum atomic E-state index is -3.28. The van der Waals surface area contributed by atoms with Gasteiger partial charge in [0.2, 0.25) is 11.9 Å². The number of fused-ring (bicyclic) bond motifs is 4. The number of aryl methyl sites for hydroxylation is 3. The van der Waals surface area contributed by atoms with Gasteiger partial charge in [-0.1, -0.05) is 28.7 Å². The van der Waals surface area contributed by atoms with Gasteiger partial charge in [0, 0.05) is 20.4 Å². The summed E-state index contributed by atoms with van der Waals surface area (Å²) in [5.41, 5.74) is 6.92. The number of benzene rings is 4. The molecule has 0 aliphatic rings. The van der Waals surface area contributed by atoms with E-state index in [0.29, 0.717) is 39.2 Å². The third-order valence-corrected chi connectivity index (χ3v) is 11.4. The fourth-order valence-corrected chi connectivity index (χ4v) is 8.16. The van der Waals surface area contributed by atoms with E-state index in [2.05, 4.69) is 49.6 Å². The van der Waals surface area contributed by atoms with Gasteiger partial charge in [-0.15, -0.1) is 0 Å². The van der Waals surface area contributed by atoms with E-state index in [4.69, 9.17) is 9.47 Å². The summed E-state index contributed by atoms with van der Waals surface area (Å²) in [5.74, 6) is 0.436. The van der Waals surface area contributed by atoms with Gasteiger partial charge >= 0.3 is 11.9 Å². The van der Waals surface area contributed by atoms with Crippen molar-refractivity contribution in [3.05, 3.63) is 89.5 Å². The van der Waals surface area contributed by atoms with E-state index >= 15 is 0 Å². The predicted octanol–water partition coefficient (Wildman–Crippen LogP) is 7.14. The Bertz CT molecular complexity index is 2840. The summed E-state index contributed by atoms with van der Waals surface area (Å²) in [6, 6.07) is 21.5. The maximum atomic E-state index is 11.7. The average Bonchev–Trinajstić information content (AvgIpc) is 3.89. The number of ether oxygens (including phenoxy) is 2. The molecule has 0 fully saturated rings. The highest BCUT2D eigenvalue weighted by Gasteiger charge is 2.16. The van der Waals surface area contributed by atoms with Crippen molar-refractivity contribution in [1.29, 1.82) is 0 Å². The molecule has 4 aromatic heterocycles. The minimum absolute atomic E-state index is 0.258. The molecule has 53 heavy (non-hydrogen) atoms. The van der Waals surface area contributed by atoms with Gasteiger partial charge in [0.1, 0.15) is 0 Å².